The van der Waals surface area contributed by atoms with Crippen molar-refractivity contribution in [2.24, 2.45) is 0 Å². The molecule has 0 aliphatic rings. The number of benzene rings is 1. The molecule has 0 aliphatic heterocycles. The van der Waals surface area contributed by atoms with Gasteiger partial charge >= 0.3 is 6.09 Å². The van der Waals surface area contributed by atoms with Gasteiger partial charge in [0.2, 0.25) is 0 Å². The van der Waals surface area contributed by atoms with E-state index in [-0.39, 0.29) is 0 Å². The van der Waals surface area contributed by atoms with Gasteiger partial charge in [-0.05, 0) is 46.2 Å². The zero-order valence-electron chi connectivity index (χ0n) is 16.9. The molecule has 28 heavy (non-hydrogen) atoms. The molecule has 0 atom stereocenters. The highest BCUT2D eigenvalue weighted by molar-refractivity contribution is 7.15. The number of ether oxygens (including phenoxy) is 1. The summed E-state index contributed by atoms with van der Waals surface area (Å²) in [4.78, 5) is 22.3. The minimum absolute atomic E-state index is 0.501. The van der Waals surface area contributed by atoms with E-state index in [4.69, 9.17) is 9.72 Å². The summed E-state index contributed by atoms with van der Waals surface area (Å²) in [6.45, 7) is 9.67. The lowest BCUT2D eigenvalue weighted by atomic mass is 10.0. The topological polar surface area (TPSA) is 64.1 Å². The summed E-state index contributed by atoms with van der Waals surface area (Å²) in [6.07, 6.45) is 3.72. The lowest BCUT2D eigenvalue weighted by Crippen LogP contribution is -2.27. The van der Waals surface area contributed by atoms with Crippen molar-refractivity contribution in [2.45, 2.75) is 46.6 Å². The van der Waals surface area contributed by atoms with E-state index in [0.717, 1.165) is 33.1 Å². The molecule has 2 aromatic heterocycles. The fraction of sp³-hybridized carbons (Fsp3) is 0.318. The highest BCUT2D eigenvalue weighted by Gasteiger charge is 2.21. The van der Waals surface area contributed by atoms with Crippen LogP contribution in [0.25, 0.3) is 21.7 Å². The highest BCUT2D eigenvalue weighted by Crippen LogP contribution is 2.40. The summed E-state index contributed by atoms with van der Waals surface area (Å²) in [5.74, 6) is 0. The van der Waals surface area contributed by atoms with E-state index in [1.807, 2.05) is 32.9 Å². The first-order valence-corrected chi connectivity index (χ1v) is 10.1. The number of hydrogen-bond acceptors (Lipinski definition) is 5. The van der Waals surface area contributed by atoms with Crippen molar-refractivity contribution in [2.75, 3.05) is 5.32 Å². The SMILES string of the molecule is CCc1nc(-c2cccc(C)c2)c(-c2ccncc2NC(=O)OC(C)(C)C)s1. The van der Waals surface area contributed by atoms with Crippen LogP contribution in [0.1, 0.15) is 38.3 Å². The smallest absolute Gasteiger partial charge is 0.412 e. The summed E-state index contributed by atoms with van der Waals surface area (Å²) < 4.78 is 5.40. The zero-order valence-corrected chi connectivity index (χ0v) is 17.7. The maximum Gasteiger partial charge on any atom is 0.412 e. The van der Waals surface area contributed by atoms with E-state index in [2.05, 4.69) is 42.3 Å². The number of thiazole rings is 1. The maximum absolute atomic E-state index is 12.3. The lowest BCUT2D eigenvalue weighted by molar-refractivity contribution is 0.0636. The predicted octanol–water partition coefficient (Wildman–Crippen LogP) is 6.09. The predicted molar refractivity (Wildman–Crippen MR) is 115 cm³/mol. The number of carbonyl (C=O) groups is 1. The van der Waals surface area contributed by atoms with E-state index in [0.29, 0.717) is 5.69 Å². The van der Waals surface area contributed by atoms with Gasteiger partial charge in [-0.15, -0.1) is 11.3 Å². The number of aryl methyl sites for hydroxylation is 2. The molecule has 0 aliphatic carbocycles. The van der Waals surface area contributed by atoms with Gasteiger partial charge in [0.25, 0.3) is 0 Å². The van der Waals surface area contributed by atoms with Crippen LogP contribution in [0.15, 0.2) is 42.7 Å². The average molecular weight is 396 g/mol. The minimum Gasteiger partial charge on any atom is -0.444 e. The van der Waals surface area contributed by atoms with Crippen LogP contribution in [0.4, 0.5) is 10.5 Å². The van der Waals surface area contributed by atoms with Crippen molar-refractivity contribution in [3.63, 3.8) is 0 Å². The van der Waals surface area contributed by atoms with Crippen LogP contribution in [0.3, 0.4) is 0 Å². The van der Waals surface area contributed by atoms with Gasteiger partial charge in [0, 0.05) is 17.3 Å². The molecule has 1 N–H and O–H groups in total. The first-order chi connectivity index (χ1) is 13.3. The fourth-order valence-electron chi connectivity index (χ4n) is 2.79. The number of aromatic nitrogens is 2. The Hall–Kier alpha value is -2.73. The van der Waals surface area contributed by atoms with Crippen molar-refractivity contribution in [3.8, 4) is 21.7 Å². The van der Waals surface area contributed by atoms with Crippen LogP contribution < -0.4 is 5.32 Å². The number of anilines is 1. The van der Waals surface area contributed by atoms with E-state index in [9.17, 15) is 4.79 Å². The third-order valence-corrected chi connectivity index (χ3v) is 5.20. The van der Waals surface area contributed by atoms with E-state index in [1.165, 1.54) is 5.56 Å². The van der Waals surface area contributed by atoms with Crippen LogP contribution in [-0.4, -0.2) is 21.7 Å². The molecule has 0 bridgehead atoms. The van der Waals surface area contributed by atoms with Crippen molar-refractivity contribution in [3.05, 3.63) is 53.3 Å². The Kier molecular flexibility index (Phi) is 5.79. The Morgan fingerprint density at radius 3 is 2.71 bits per heavy atom. The molecule has 3 rings (SSSR count). The van der Waals surface area contributed by atoms with E-state index in [1.54, 1.807) is 23.7 Å². The van der Waals surface area contributed by atoms with Crippen molar-refractivity contribution < 1.29 is 9.53 Å². The van der Waals surface area contributed by atoms with Gasteiger partial charge in [-0.3, -0.25) is 10.3 Å². The first-order valence-electron chi connectivity index (χ1n) is 9.28. The standard InChI is InChI=1S/C22H25N3O2S/c1-6-18-25-19(15-9-7-8-14(2)12-15)20(28-18)16-10-11-23-13-17(16)24-21(26)27-22(3,4)5/h7-13H,6H2,1-5H3,(H,24,26). The number of nitrogens with zero attached hydrogens (tertiary/aromatic N) is 2. The number of hydrogen-bond donors (Lipinski definition) is 1. The van der Waals surface area contributed by atoms with Gasteiger partial charge in [0.05, 0.1) is 27.5 Å². The Morgan fingerprint density at radius 1 is 1.25 bits per heavy atom. The molecule has 1 aromatic carbocycles. The summed E-state index contributed by atoms with van der Waals surface area (Å²) >= 11 is 1.64. The summed E-state index contributed by atoms with van der Waals surface area (Å²) in [7, 11) is 0. The number of rotatable bonds is 4. The summed E-state index contributed by atoms with van der Waals surface area (Å²) in [6, 6.07) is 10.2. The van der Waals surface area contributed by atoms with Crippen LogP contribution in [0, 0.1) is 6.92 Å². The minimum atomic E-state index is -0.570. The molecular weight excluding hydrogens is 370 g/mol. The molecule has 1 amide bonds. The fourth-order valence-corrected chi connectivity index (χ4v) is 3.86. The van der Waals surface area contributed by atoms with Crippen LogP contribution in [-0.2, 0) is 11.2 Å². The summed E-state index contributed by atoms with van der Waals surface area (Å²) in [5.41, 5.74) is 4.08. The molecule has 146 valence electrons. The third-order valence-electron chi connectivity index (χ3n) is 3.97. The van der Waals surface area contributed by atoms with Crippen molar-refractivity contribution in [1.82, 2.24) is 9.97 Å². The van der Waals surface area contributed by atoms with Gasteiger partial charge < -0.3 is 4.74 Å². The van der Waals surface area contributed by atoms with Crippen molar-refractivity contribution in [1.29, 1.82) is 0 Å². The number of amides is 1. The molecule has 5 nitrogen and oxygen atoms in total. The quantitative estimate of drug-likeness (QED) is 0.580. The largest absolute Gasteiger partial charge is 0.444 e. The Bertz CT molecular complexity index is 989. The lowest BCUT2D eigenvalue weighted by Gasteiger charge is -2.20. The molecule has 0 spiro atoms. The Balaban J connectivity index is 2.05. The molecule has 0 fully saturated rings. The van der Waals surface area contributed by atoms with Gasteiger partial charge in [0.1, 0.15) is 5.60 Å². The third kappa shape index (κ3) is 4.75. The first kappa shape index (κ1) is 20.0. The Labute approximate surface area is 169 Å². The van der Waals surface area contributed by atoms with Crippen LogP contribution >= 0.6 is 11.3 Å². The van der Waals surface area contributed by atoms with Gasteiger partial charge in [-0.1, -0.05) is 30.7 Å². The zero-order chi connectivity index (χ0) is 20.3. The second-order valence-electron chi connectivity index (χ2n) is 7.56. The number of carbonyl (C=O) groups excluding carboxylic acids is 1. The normalized spacial score (nSPS) is 11.3. The molecule has 0 saturated carbocycles. The summed E-state index contributed by atoms with van der Waals surface area (Å²) in [5, 5.41) is 3.89. The molecule has 0 radical (unpaired) electrons. The highest BCUT2D eigenvalue weighted by atomic mass is 32.1. The second kappa shape index (κ2) is 8.10. The van der Waals surface area contributed by atoms with E-state index >= 15 is 0 Å². The maximum atomic E-state index is 12.3. The van der Waals surface area contributed by atoms with Gasteiger partial charge in [0.15, 0.2) is 0 Å². The van der Waals surface area contributed by atoms with Gasteiger partial charge in [-0.25, -0.2) is 9.78 Å². The molecule has 0 saturated heterocycles. The second-order valence-corrected chi connectivity index (χ2v) is 8.64. The van der Waals surface area contributed by atoms with Crippen molar-refractivity contribution >= 4 is 23.1 Å². The molecule has 2 heterocycles. The van der Waals surface area contributed by atoms with Gasteiger partial charge in [-0.2, -0.15) is 0 Å². The average Bonchev–Trinajstić information content (AvgIpc) is 3.05. The number of pyridine rings is 1. The monoisotopic (exact) mass is 395 g/mol. The van der Waals surface area contributed by atoms with Crippen LogP contribution in [0.5, 0.6) is 0 Å². The van der Waals surface area contributed by atoms with E-state index < -0.39 is 11.7 Å². The van der Waals surface area contributed by atoms with Crippen LogP contribution in [0.2, 0.25) is 0 Å². The number of nitrogens with one attached hydrogen (secondary N) is 1. The molecule has 6 heteroatoms. The Morgan fingerprint density at radius 2 is 2.04 bits per heavy atom. The molecular formula is C22H25N3O2S. The molecule has 0 unspecified atom stereocenters. The molecule has 3 aromatic rings.